The smallest absolute Gasteiger partial charge is 0.246 e. The van der Waals surface area contributed by atoms with Crippen LogP contribution >= 0.6 is 11.8 Å². The molecule has 0 radical (unpaired) electrons. The van der Waals surface area contributed by atoms with Crippen molar-refractivity contribution in [3.05, 3.63) is 29.3 Å². The van der Waals surface area contributed by atoms with Gasteiger partial charge in [0.1, 0.15) is 0 Å². The van der Waals surface area contributed by atoms with Crippen LogP contribution in [0, 0.1) is 23.3 Å². The van der Waals surface area contributed by atoms with Gasteiger partial charge >= 0.3 is 0 Å². The number of hydrogen-bond donors (Lipinski definition) is 2. The van der Waals surface area contributed by atoms with E-state index in [1.54, 1.807) is 6.26 Å². The predicted octanol–water partition coefficient (Wildman–Crippen LogP) is 1.63. The number of benzene rings is 1. The van der Waals surface area contributed by atoms with E-state index in [2.05, 4.69) is 0 Å². The monoisotopic (exact) mass is 347 g/mol. The van der Waals surface area contributed by atoms with Crippen LogP contribution in [0.3, 0.4) is 0 Å². The minimum absolute atomic E-state index is 0.0778. The van der Waals surface area contributed by atoms with Gasteiger partial charge in [0.2, 0.25) is 10.0 Å². The maximum Gasteiger partial charge on any atom is 0.246 e. The van der Waals surface area contributed by atoms with Crippen molar-refractivity contribution < 1.29 is 31.1 Å². The standard InChI is InChI=1S/C11H13F4NO3S2/c1-5(8(4-17)20-2)16-21(18,19)11-9(14)6(12)3-7(13)10(11)15/h3,5,8,16-17H,4H2,1-2H3/t5-,8+/m1/s1. The Balaban J connectivity index is 3.27. The third kappa shape index (κ3) is 3.87. The third-order valence-corrected chi connectivity index (χ3v) is 5.46. The third-order valence-electron chi connectivity index (χ3n) is 2.72. The molecule has 4 nitrogen and oxygen atoms in total. The van der Waals surface area contributed by atoms with Gasteiger partial charge in [-0.3, -0.25) is 0 Å². The van der Waals surface area contributed by atoms with Crippen LogP contribution in [0.1, 0.15) is 6.92 Å². The van der Waals surface area contributed by atoms with Gasteiger partial charge in [-0.05, 0) is 13.2 Å². The summed E-state index contributed by atoms with van der Waals surface area (Å²) >= 11 is 1.12. The second-order valence-corrected chi connectivity index (χ2v) is 6.89. The lowest BCUT2D eigenvalue weighted by molar-refractivity contribution is 0.282. The number of hydrogen-bond acceptors (Lipinski definition) is 4. The normalized spacial score (nSPS) is 15.0. The van der Waals surface area contributed by atoms with Gasteiger partial charge in [0.05, 0.1) is 6.61 Å². The zero-order chi connectivity index (χ0) is 16.4. The van der Waals surface area contributed by atoms with E-state index in [9.17, 15) is 26.0 Å². The molecule has 0 aliphatic carbocycles. The largest absolute Gasteiger partial charge is 0.395 e. The molecular formula is C11H13F4NO3S2. The molecule has 120 valence electrons. The maximum absolute atomic E-state index is 13.5. The van der Waals surface area contributed by atoms with Crippen LogP contribution in [0.2, 0.25) is 0 Å². The number of thioether (sulfide) groups is 1. The Kier molecular flexibility index (Phi) is 6.02. The number of rotatable bonds is 6. The van der Waals surface area contributed by atoms with Crippen molar-refractivity contribution in [2.45, 2.75) is 23.1 Å². The molecule has 0 fully saturated rings. The highest BCUT2D eigenvalue weighted by atomic mass is 32.2. The Bertz CT molecular complexity index is 594. The van der Waals surface area contributed by atoms with Gasteiger partial charge in [-0.15, -0.1) is 0 Å². The van der Waals surface area contributed by atoms with E-state index in [-0.39, 0.29) is 6.07 Å². The second kappa shape index (κ2) is 6.95. The van der Waals surface area contributed by atoms with E-state index in [0.29, 0.717) is 0 Å². The molecule has 0 spiro atoms. The number of aliphatic hydroxyl groups excluding tert-OH is 1. The topological polar surface area (TPSA) is 66.4 Å². The molecule has 1 rings (SSSR count). The van der Waals surface area contributed by atoms with Crippen LogP contribution in [-0.2, 0) is 10.0 Å². The molecule has 0 aliphatic heterocycles. The first-order valence-corrected chi connectivity index (χ1v) is 8.41. The fraction of sp³-hybridized carbons (Fsp3) is 0.455. The fourth-order valence-corrected chi connectivity index (χ4v) is 3.75. The average Bonchev–Trinajstić information content (AvgIpc) is 2.37. The first-order valence-electron chi connectivity index (χ1n) is 5.64. The van der Waals surface area contributed by atoms with Gasteiger partial charge in [0, 0.05) is 17.4 Å². The lowest BCUT2D eigenvalue weighted by Crippen LogP contribution is -2.41. The fourth-order valence-electron chi connectivity index (χ4n) is 1.60. The van der Waals surface area contributed by atoms with Crippen molar-refractivity contribution in [3.63, 3.8) is 0 Å². The van der Waals surface area contributed by atoms with Crippen molar-refractivity contribution in [1.29, 1.82) is 0 Å². The Morgan fingerprint density at radius 1 is 1.24 bits per heavy atom. The molecule has 0 aliphatic rings. The summed E-state index contributed by atoms with van der Waals surface area (Å²) in [5.41, 5.74) is 0. The van der Waals surface area contributed by atoms with Gasteiger partial charge in [-0.1, -0.05) is 0 Å². The van der Waals surface area contributed by atoms with Gasteiger partial charge in [-0.2, -0.15) is 11.8 Å². The van der Waals surface area contributed by atoms with Crippen molar-refractivity contribution >= 4 is 21.8 Å². The minimum Gasteiger partial charge on any atom is -0.395 e. The quantitative estimate of drug-likeness (QED) is 0.606. The van der Waals surface area contributed by atoms with Gasteiger partial charge in [0.25, 0.3) is 0 Å². The summed E-state index contributed by atoms with van der Waals surface area (Å²) < 4.78 is 78.8. The Morgan fingerprint density at radius 2 is 1.71 bits per heavy atom. The Hall–Kier alpha value is -0.840. The molecule has 0 saturated heterocycles. The van der Waals surface area contributed by atoms with Crippen LogP contribution in [-0.4, -0.2) is 37.7 Å². The number of nitrogens with one attached hydrogen (secondary N) is 1. The summed E-state index contributed by atoms with van der Waals surface area (Å²) in [5, 5.41) is 8.44. The van der Waals surface area contributed by atoms with Crippen molar-refractivity contribution in [2.24, 2.45) is 0 Å². The highest BCUT2D eigenvalue weighted by molar-refractivity contribution is 7.99. The lowest BCUT2D eigenvalue weighted by Gasteiger charge is -2.21. The molecular weight excluding hydrogens is 334 g/mol. The summed E-state index contributed by atoms with van der Waals surface area (Å²) in [6.45, 7) is 0.952. The molecule has 2 atom stereocenters. The van der Waals surface area contributed by atoms with Crippen LogP contribution in [0.25, 0.3) is 0 Å². The molecule has 10 heteroatoms. The van der Waals surface area contributed by atoms with Crippen LogP contribution < -0.4 is 4.72 Å². The summed E-state index contributed by atoms with van der Waals surface area (Å²) in [7, 11) is -4.84. The van der Waals surface area contributed by atoms with E-state index in [1.807, 2.05) is 4.72 Å². The van der Waals surface area contributed by atoms with Crippen LogP contribution in [0.15, 0.2) is 11.0 Å². The Morgan fingerprint density at radius 3 is 2.10 bits per heavy atom. The zero-order valence-electron chi connectivity index (χ0n) is 11.0. The van der Waals surface area contributed by atoms with E-state index < -0.39 is 56.1 Å². The molecule has 2 N–H and O–H groups in total. The van der Waals surface area contributed by atoms with Gasteiger partial charge in [-0.25, -0.2) is 30.7 Å². The van der Waals surface area contributed by atoms with Crippen LogP contribution in [0.5, 0.6) is 0 Å². The molecule has 0 heterocycles. The molecule has 0 aromatic heterocycles. The highest BCUT2D eigenvalue weighted by Crippen LogP contribution is 2.24. The summed E-state index contributed by atoms with van der Waals surface area (Å²) in [6.07, 6.45) is 1.59. The Labute approximate surface area is 123 Å². The molecule has 1 aromatic carbocycles. The maximum atomic E-state index is 13.5. The number of sulfonamides is 1. The minimum atomic E-state index is -4.84. The second-order valence-electron chi connectivity index (χ2n) is 4.16. The molecule has 1 aromatic rings. The number of aliphatic hydroxyl groups is 1. The summed E-state index contributed by atoms with van der Waals surface area (Å²) in [6, 6.07) is -0.994. The van der Waals surface area contributed by atoms with E-state index in [0.717, 1.165) is 11.8 Å². The summed E-state index contributed by atoms with van der Waals surface area (Å²) in [5.74, 6) is -7.63. The van der Waals surface area contributed by atoms with Crippen molar-refractivity contribution in [1.82, 2.24) is 4.72 Å². The average molecular weight is 347 g/mol. The van der Waals surface area contributed by atoms with Crippen molar-refractivity contribution in [2.75, 3.05) is 12.9 Å². The molecule has 0 unspecified atom stereocenters. The number of halogens is 4. The molecule has 0 bridgehead atoms. The van der Waals surface area contributed by atoms with Crippen LogP contribution in [0.4, 0.5) is 17.6 Å². The van der Waals surface area contributed by atoms with Crippen molar-refractivity contribution in [3.8, 4) is 0 Å². The lowest BCUT2D eigenvalue weighted by atomic mass is 10.3. The first-order chi connectivity index (χ1) is 9.65. The SMILES string of the molecule is CS[C@@H](CO)[C@@H](C)NS(=O)(=O)c1c(F)c(F)cc(F)c1F. The van der Waals surface area contributed by atoms with Gasteiger partial charge in [0.15, 0.2) is 28.2 Å². The summed E-state index contributed by atoms with van der Waals surface area (Å²) in [4.78, 5) is -1.72. The zero-order valence-corrected chi connectivity index (χ0v) is 12.7. The molecule has 0 amide bonds. The van der Waals surface area contributed by atoms with E-state index in [4.69, 9.17) is 5.11 Å². The van der Waals surface area contributed by atoms with E-state index >= 15 is 0 Å². The first kappa shape index (κ1) is 18.2. The molecule has 21 heavy (non-hydrogen) atoms. The predicted molar refractivity (Wildman–Crippen MR) is 70.4 cm³/mol. The highest BCUT2D eigenvalue weighted by Gasteiger charge is 2.32. The molecule has 0 saturated carbocycles. The van der Waals surface area contributed by atoms with E-state index in [1.165, 1.54) is 6.92 Å². The van der Waals surface area contributed by atoms with Gasteiger partial charge < -0.3 is 5.11 Å².